The normalized spacial score (nSPS) is 12.0. The molecule has 0 aromatic heterocycles. The molecule has 0 bridgehead atoms. The smallest absolute Gasteiger partial charge is 0.338 e. The van der Waals surface area contributed by atoms with Gasteiger partial charge in [0.15, 0.2) is 0 Å². The molecule has 0 unspecified atom stereocenters. The van der Waals surface area contributed by atoms with E-state index in [1.165, 1.54) is 0 Å². The van der Waals surface area contributed by atoms with Crippen LogP contribution in [0.4, 0.5) is 11.4 Å². The molecule has 0 aliphatic carbocycles. The van der Waals surface area contributed by atoms with Gasteiger partial charge in [0.05, 0.1) is 45.2 Å². The van der Waals surface area contributed by atoms with Crippen LogP contribution < -0.4 is 14.5 Å². The summed E-state index contributed by atoms with van der Waals surface area (Å²) < 4.78 is 28.7. The fourth-order valence-corrected chi connectivity index (χ4v) is 5.79. The van der Waals surface area contributed by atoms with Crippen molar-refractivity contribution in [2.45, 2.75) is 33.6 Å². The van der Waals surface area contributed by atoms with Crippen molar-refractivity contribution in [1.29, 1.82) is 0 Å². The van der Waals surface area contributed by atoms with Crippen molar-refractivity contribution >= 4 is 17.3 Å². The second-order valence-electron chi connectivity index (χ2n) is 10.8. The first-order valence-electron chi connectivity index (χ1n) is 16.5. The van der Waals surface area contributed by atoms with Crippen molar-refractivity contribution in [3.63, 3.8) is 0 Å². The molecule has 3 aromatic carbocycles. The summed E-state index contributed by atoms with van der Waals surface area (Å²) in [6.07, 6.45) is 0. The van der Waals surface area contributed by atoms with E-state index in [0.29, 0.717) is 45.1 Å². The maximum absolute atomic E-state index is 13.5. The van der Waals surface area contributed by atoms with Crippen LogP contribution in [0.15, 0.2) is 65.8 Å². The van der Waals surface area contributed by atoms with Crippen LogP contribution in [0.3, 0.4) is 0 Å². The summed E-state index contributed by atoms with van der Waals surface area (Å²) in [6, 6.07) is 20.4. The lowest BCUT2D eigenvalue weighted by atomic mass is 9.80. The lowest BCUT2D eigenvalue weighted by Crippen LogP contribution is -2.23. The summed E-state index contributed by atoms with van der Waals surface area (Å²) in [5.41, 5.74) is 13.8. The Kier molecular flexibility index (Phi) is 14.2. The molecule has 1 aliphatic rings. The van der Waals surface area contributed by atoms with Gasteiger partial charge in [0.2, 0.25) is 0 Å². The second-order valence-corrected chi connectivity index (χ2v) is 10.8. The van der Waals surface area contributed by atoms with E-state index in [9.17, 15) is 4.79 Å². The number of rotatable bonds is 20. The predicted octanol–water partition coefficient (Wildman–Crippen LogP) is 7.18. The zero-order valence-corrected chi connectivity index (χ0v) is 28.0. The van der Waals surface area contributed by atoms with Gasteiger partial charge in [0.1, 0.15) is 18.1 Å². The summed E-state index contributed by atoms with van der Waals surface area (Å²) in [5.74, 6) is 0.974. The maximum atomic E-state index is 13.5. The number of carbonyl (C=O) groups is 1. The molecular formula is C36H47N5O6. The van der Waals surface area contributed by atoms with Crippen LogP contribution >= 0.6 is 0 Å². The Morgan fingerprint density at radius 2 is 1.23 bits per heavy atom. The number of hydrogen-bond donors (Lipinski definition) is 0. The highest BCUT2D eigenvalue weighted by Crippen LogP contribution is 2.50. The van der Waals surface area contributed by atoms with Crippen LogP contribution in [0.25, 0.3) is 10.4 Å². The zero-order chi connectivity index (χ0) is 33.4. The van der Waals surface area contributed by atoms with E-state index >= 15 is 0 Å². The van der Waals surface area contributed by atoms with Gasteiger partial charge in [-0.1, -0.05) is 35.4 Å². The number of esters is 1. The highest BCUT2D eigenvalue weighted by molar-refractivity contribution is 5.92. The molecule has 47 heavy (non-hydrogen) atoms. The van der Waals surface area contributed by atoms with E-state index in [1.807, 2.05) is 24.3 Å². The Balaban J connectivity index is 1.47. The molecule has 0 amide bonds. The van der Waals surface area contributed by atoms with Crippen LogP contribution in [-0.2, 0) is 18.9 Å². The molecule has 1 aliphatic heterocycles. The van der Waals surface area contributed by atoms with Gasteiger partial charge in [0, 0.05) is 78.2 Å². The number of benzene rings is 3. The third-order valence-electron chi connectivity index (χ3n) is 8.19. The van der Waals surface area contributed by atoms with E-state index in [1.54, 1.807) is 0 Å². The summed E-state index contributed by atoms with van der Waals surface area (Å²) in [6.45, 7) is 14.8. The van der Waals surface area contributed by atoms with E-state index in [-0.39, 0.29) is 19.1 Å². The Labute approximate surface area is 277 Å². The second kappa shape index (κ2) is 18.8. The van der Waals surface area contributed by atoms with Crippen molar-refractivity contribution in [2.75, 3.05) is 88.8 Å². The quantitative estimate of drug-likeness (QED) is 0.0326. The number of azide groups is 1. The molecule has 0 saturated heterocycles. The fourth-order valence-electron chi connectivity index (χ4n) is 5.79. The van der Waals surface area contributed by atoms with Crippen LogP contribution in [0, 0.1) is 0 Å². The Morgan fingerprint density at radius 1 is 0.723 bits per heavy atom. The number of carbonyl (C=O) groups excluding carboxylic acids is 1. The molecule has 3 aromatic rings. The summed E-state index contributed by atoms with van der Waals surface area (Å²) >= 11 is 0. The first-order valence-corrected chi connectivity index (χ1v) is 16.5. The average molecular weight is 646 g/mol. The molecule has 4 rings (SSSR count). The summed E-state index contributed by atoms with van der Waals surface area (Å²) in [7, 11) is 0. The Morgan fingerprint density at radius 3 is 1.77 bits per heavy atom. The largest absolute Gasteiger partial charge is 0.460 e. The SMILES string of the molecule is CCN(CC)c1ccc2c(c1)Oc1cc(N(CC)CC)ccc1C2c1ccccc1C(=O)OCCOCCOCCOCCN=[N+]=[N-]. The van der Waals surface area contributed by atoms with Crippen LogP contribution in [0.1, 0.15) is 60.7 Å². The van der Waals surface area contributed by atoms with Gasteiger partial charge in [0.25, 0.3) is 0 Å². The predicted molar refractivity (Wildman–Crippen MR) is 184 cm³/mol. The van der Waals surface area contributed by atoms with Gasteiger partial charge < -0.3 is 33.5 Å². The molecular weight excluding hydrogens is 598 g/mol. The van der Waals surface area contributed by atoms with Gasteiger partial charge in [-0.15, -0.1) is 0 Å². The lowest BCUT2D eigenvalue weighted by Gasteiger charge is -2.32. The molecule has 0 fully saturated rings. The van der Waals surface area contributed by atoms with Crippen molar-refractivity contribution in [1.82, 2.24) is 0 Å². The van der Waals surface area contributed by atoms with Crippen molar-refractivity contribution in [2.24, 2.45) is 5.11 Å². The minimum atomic E-state index is -0.396. The number of nitrogens with zero attached hydrogens (tertiary/aromatic N) is 5. The van der Waals surface area contributed by atoms with E-state index < -0.39 is 5.97 Å². The monoisotopic (exact) mass is 645 g/mol. The lowest BCUT2D eigenvalue weighted by molar-refractivity contribution is 0.00129. The molecule has 11 heteroatoms. The third kappa shape index (κ3) is 9.39. The molecule has 0 atom stereocenters. The first kappa shape index (κ1) is 35.6. The van der Waals surface area contributed by atoms with Crippen molar-refractivity contribution in [3.8, 4) is 11.5 Å². The minimum absolute atomic E-state index is 0.122. The van der Waals surface area contributed by atoms with Crippen molar-refractivity contribution in [3.05, 3.63) is 93.4 Å². The van der Waals surface area contributed by atoms with Gasteiger partial charge >= 0.3 is 5.97 Å². The molecule has 0 radical (unpaired) electrons. The van der Waals surface area contributed by atoms with E-state index in [2.05, 4.69) is 83.9 Å². The molecule has 1 heterocycles. The molecule has 0 spiro atoms. The molecule has 11 nitrogen and oxygen atoms in total. The number of anilines is 2. The van der Waals surface area contributed by atoms with Crippen LogP contribution in [0.2, 0.25) is 0 Å². The Hall–Kier alpha value is -4.28. The van der Waals surface area contributed by atoms with Gasteiger partial charge in [-0.3, -0.25) is 0 Å². The standard InChI is InChI=1S/C36H47N5O6/c1-5-40(6-2)27-13-15-31-33(25-27)47-34-26-28(41(7-3)8-4)14-16-32(34)35(31)29-11-9-10-12-30(29)36(42)46-24-23-45-22-21-44-20-19-43-18-17-38-39-37/h9-16,25-26,35H,5-8,17-24H2,1-4H3. The third-order valence-corrected chi connectivity index (χ3v) is 8.19. The topological polar surface area (TPSA) is 118 Å². The molecule has 0 saturated carbocycles. The highest BCUT2D eigenvalue weighted by Gasteiger charge is 2.32. The molecule has 0 N–H and O–H groups in total. The molecule has 252 valence electrons. The summed E-state index contributed by atoms with van der Waals surface area (Å²) in [5, 5.41) is 3.40. The number of hydrogen-bond acceptors (Lipinski definition) is 9. The van der Waals surface area contributed by atoms with Crippen LogP contribution in [0.5, 0.6) is 11.5 Å². The zero-order valence-electron chi connectivity index (χ0n) is 28.0. The highest BCUT2D eigenvalue weighted by atomic mass is 16.6. The first-order chi connectivity index (χ1) is 23.1. The van der Waals surface area contributed by atoms with E-state index in [0.717, 1.165) is 65.7 Å². The number of fused-ring (bicyclic) bond motifs is 2. The van der Waals surface area contributed by atoms with Crippen LogP contribution in [-0.4, -0.2) is 84.9 Å². The van der Waals surface area contributed by atoms with Gasteiger partial charge in [-0.05, 0) is 57.0 Å². The average Bonchev–Trinajstić information content (AvgIpc) is 3.10. The fraction of sp³-hybridized carbons (Fsp3) is 0.472. The van der Waals surface area contributed by atoms with Gasteiger partial charge in [-0.2, -0.15) is 0 Å². The van der Waals surface area contributed by atoms with E-state index in [4.69, 9.17) is 29.2 Å². The summed E-state index contributed by atoms with van der Waals surface area (Å²) in [4.78, 5) is 20.8. The maximum Gasteiger partial charge on any atom is 0.338 e. The number of ether oxygens (including phenoxy) is 5. The van der Waals surface area contributed by atoms with Gasteiger partial charge in [-0.25, -0.2) is 4.79 Å². The van der Waals surface area contributed by atoms with Crippen molar-refractivity contribution < 1.29 is 28.5 Å². The Bertz CT molecular complexity index is 1420. The minimum Gasteiger partial charge on any atom is -0.460 e.